The Labute approximate surface area is 352 Å². The third-order valence-corrected chi connectivity index (χ3v) is 10.1. The van der Waals surface area contributed by atoms with Crippen molar-refractivity contribution >= 4 is 35.2 Å². The minimum atomic E-state index is -0.500. The second-order valence-electron chi connectivity index (χ2n) is 17.4. The minimum absolute atomic E-state index is 0.101. The molecule has 2 aliphatic heterocycles. The van der Waals surface area contributed by atoms with Crippen LogP contribution in [0.15, 0.2) is 48.5 Å². The van der Waals surface area contributed by atoms with Crippen molar-refractivity contribution in [2.45, 2.75) is 118 Å². The summed E-state index contributed by atoms with van der Waals surface area (Å²) < 4.78 is 10.9. The Morgan fingerprint density at radius 2 is 1.10 bits per heavy atom. The fraction of sp³-hybridized carbons (Fsp3) is 0.500. The van der Waals surface area contributed by atoms with Gasteiger partial charge in [-0.25, -0.2) is 29.5 Å². The largest absolute Gasteiger partial charge is 0.444 e. The van der Waals surface area contributed by atoms with E-state index in [4.69, 9.17) is 15.2 Å². The topological polar surface area (TPSA) is 204 Å². The predicted molar refractivity (Wildman–Crippen MR) is 232 cm³/mol. The fourth-order valence-electron chi connectivity index (χ4n) is 7.14. The number of carbonyl (C=O) groups is 2. The highest BCUT2D eigenvalue weighted by Crippen LogP contribution is 2.31. The molecule has 2 fully saturated rings. The van der Waals surface area contributed by atoms with Crippen LogP contribution in [0.25, 0.3) is 0 Å². The van der Waals surface area contributed by atoms with Gasteiger partial charge < -0.3 is 35.6 Å². The normalized spacial score (nSPS) is 16.5. The van der Waals surface area contributed by atoms with E-state index in [1.807, 2.05) is 79.7 Å². The molecule has 4 heterocycles. The number of nitro groups is 1. The number of carbonyl (C=O) groups excluding carboxylic acids is 2. The molecule has 322 valence electrons. The second kappa shape index (κ2) is 18.9. The average Bonchev–Trinajstić information content (AvgIpc) is 3.86. The van der Waals surface area contributed by atoms with Crippen LogP contribution in [-0.2, 0) is 22.6 Å². The van der Waals surface area contributed by atoms with E-state index in [0.29, 0.717) is 67.5 Å². The monoisotopic (exact) mass is 824 g/mol. The van der Waals surface area contributed by atoms with Gasteiger partial charge in [0.1, 0.15) is 28.5 Å². The van der Waals surface area contributed by atoms with E-state index in [1.54, 1.807) is 23.6 Å². The number of anilines is 3. The first-order valence-electron chi connectivity index (χ1n) is 20.4. The number of nitrogen functional groups attached to an aromatic ring is 1. The van der Waals surface area contributed by atoms with Gasteiger partial charge in [-0.15, -0.1) is 0 Å². The van der Waals surface area contributed by atoms with Crippen LogP contribution in [0.1, 0.15) is 112 Å². The lowest BCUT2D eigenvalue weighted by Gasteiger charge is -2.24. The number of hydrogen-bond acceptors (Lipinski definition) is 13. The van der Waals surface area contributed by atoms with Gasteiger partial charge in [-0.05, 0) is 104 Å². The van der Waals surface area contributed by atoms with E-state index in [-0.39, 0.29) is 29.6 Å². The standard InChI is InChI=1S/C22H29N5O4.C22H31N5O2/c1-14-19(27(29)30)20(25-15(2)24-14)23-12-16-6-8-17(9-7-16)18-10-11-26(13-18)21(28)31-22(3,4)5;1-14-19(23)20(26-15(2)25-14)24-12-16-6-8-17(9-7-16)18-10-11-27(13-18)21(28)29-22(3,4)5/h6-9,18H,10-13H2,1-5H3,(H,23,24,25);6-9,18H,10-13,23H2,1-5H3,(H,24,25,26). The minimum Gasteiger partial charge on any atom is -0.444 e. The van der Waals surface area contributed by atoms with Crippen molar-refractivity contribution in [1.29, 1.82) is 0 Å². The number of rotatable bonds is 9. The molecule has 0 spiro atoms. The van der Waals surface area contributed by atoms with Crippen molar-refractivity contribution < 1.29 is 24.0 Å². The van der Waals surface area contributed by atoms with Crippen molar-refractivity contribution in [3.05, 3.63) is 104 Å². The highest BCUT2D eigenvalue weighted by molar-refractivity contribution is 5.69. The molecule has 0 saturated carbocycles. The van der Waals surface area contributed by atoms with Gasteiger partial charge in [-0.1, -0.05) is 48.5 Å². The molecule has 60 heavy (non-hydrogen) atoms. The van der Waals surface area contributed by atoms with Crippen LogP contribution in [-0.4, -0.2) is 84.2 Å². The van der Waals surface area contributed by atoms with E-state index in [1.165, 1.54) is 5.56 Å². The summed E-state index contributed by atoms with van der Waals surface area (Å²) in [6.45, 7) is 22.1. The Kier molecular flexibility index (Phi) is 14.2. The third-order valence-electron chi connectivity index (χ3n) is 10.1. The van der Waals surface area contributed by atoms with Crippen molar-refractivity contribution in [1.82, 2.24) is 29.7 Å². The van der Waals surface area contributed by atoms with Gasteiger partial charge in [0.05, 0.1) is 16.3 Å². The molecule has 2 atom stereocenters. The Bertz CT molecular complexity index is 2150. The lowest BCUT2D eigenvalue weighted by Crippen LogP contribution is -2.35. The van der Waals surface area contributed by atoms with Crippen LogP contribution in [0.4, 0.5) is 32.6 Å². The number of hydrogen-bond donors (Lipinski definition) is 3. The maximum Gasteiger partial charge on any atom is 0.410 e. The number of amides is 2. The molecule has 2 aromatic carbocycles. The Balaban J connectivity index is 0.000000228. The molecular formula is C44H60N10O6. The summed E-state index contributed by atoms with van der Waals surface area (Å²) in [6.07, 6.45) is 1.34. The van der Waals surface area contributed by atoms with Crippen LogP contribution in [0.5, 0.6) is 0 Å². The summed E-state index contributed by atoms with van der Waals surface area (Å²) in [5.41, 5.74) is 11.2. The molecule has 0 radical (unpaired) electrons. The number of aromatic nitrogens is 4. The molecule has 4 aromatic rings. The first kappa shape index (κ1) is 45.0. The maximum atomic E-state index is 12.3. The van der Waals surface area contributed by atoms with Crippen LogP contribution in [0.3, 0.4) is 0 Å². The molecule has 2 unspecified atom stereocenters. The zero-order valence-corrected chi connectivity index (χ0v) is 36.6. The molecule has 2 aliphatic rings. The Hall–Kier alpha value is -6.06. The van der Waals surface area contributed by atoms with E-state index in [2.05, 4.69) is 54.8 Å². The lowest BCUT2D eigenvalue weighted by atomic mass is 9.97. The molecule has 2 saturated heterocycles. The molecule has 6 rings (SSSR count). The van der Waals surface area contributed by atoms with Gasteiger partial charge in [-0.3, -0.25) is 10.1 Å². The van der Waals surface area contributed by atoms with Crippen molar-refractivity contribution in [2.24, 2.45) is 0 Å². The highest BCUT2D eigenvalue weighted by atomic mass is 16.6. The van der Waals surface area contributed by atoms with Gasteiger partial charge in [0, 0.05) is 51.1 Å². The predicted octanol–water partition coefficient (Wildman–Crippen LogP) is 8.35. The number of nitrogens with two attached hydrogens (primary N) is 1. The summed E-state index contributed by atoms with van der Waals surface area (Å²) in [5, 5.41) is 17.7. The fourth-order valence-corrected chi connectivity index (χ4v) is 7.14. The smallest absolute Gasteiger partial charge is 0.410 e. The molecule has 2 amide bonds. The van der Waals surface area contributed by atoms with Crippen LogP contribution in [0, 0.1) is 37.8 Å². The summed E-state index contributed by atoms with van der Waals surface area (Å²) >= 11 is 0. The van der Waals surface area contributed by atoms with Crippen molar-refractivity contribution in [3.8, 4) is 0 Å². The van der Waals surface area contributed by atoms with Crippen molar-refractivity contribution in [3.63, 3.8) is 0 Å². The number of ether oxygens (including phenoxy) is 2. The molecule has 0 aliphatic carbocycles. The van der Waals surface area contributed by atoms with Crippen LogP contribution >= 0.6 is 0 Å². The zero-order valence-electron chi connectivity index (χ0n) is 36.6. The summed E-state index contributed by atoms with van der Waals surface area (Å²) in [6, 6.07) is 16.6. The number of nitrogens with zero attached hydrogens (tertiary/aromatic N) is 7. The summed E-state index contributed by atoms with van der Waals surface area (Å²) in [4.78, 5) is 55.9. The number of aryl methyl sites for hydroxylation is 4. The van der Waals surface area contributed by atoms with E-state index < -0.39 is 16.1 Å². The van der Waals surface area contributed by atoms with Gasteiger partial charge >= 0.3 is 17.9 Å². The average molecular weight is 825 g/mol. The number of benzene rings is 2. The first-order chi connectivity index (χ1) is 28.2. The van der Waals surface area contributed by atoms with E-state index in [0.717, 1.165) is 41.8 Å². The Morgan fingerprint density at radius 3 is 1.52 bits per heavy atom. The van der Waals surface area contributed by atoms with Gasteiger partial charge in [-0.2, -0.15) is 0 Å². The number of nitrogens with one attached hydrogen (secondary N) is 2. The highest BCUT2D eigenvalue weighted by Gasteiger charge is 2.32. The molecular weight excluding hydrogens is 765 g/mol. The second-order valence-corrected chi connectivity index (χ2v) is 17.4. The van der Waals surface area contributed by atoms with Crippen molar-refractivity contribution in [2.75, 3.05) is 42.5 Å². The quantitative estimate of drug-likeness (QED) is 0.107. The zero-order chi connectivity index (χ0) is 43.9. The molecule has 2 aromatic heterocycles. The van der Waals surface area contributed by atoms with Gasteiger partial charge in [0.2, 0.25) is 5.82 Å². The maximum absolute atomic E-state index is 12.3. The lowest BCUT2D eigenvalue weighted by molar-refractivity contribution is -0.385. The van der Waals surface area contributed by atoms with E-state index in [9.17, 15) is 19.7 Å². The molecule has 0 bridgehead atoms. The molecule has 16 nitrogen and oxygen atoms in total. The number of likely N-dealkylation sites (tertiary alicyclic amines) is 2. The third kappa shape index (κ3) is 12.5. The van der Waals surface area contributed by atoms with Crippen LogP contribution < -0.4 is 16.4 Å². The van der Waals surface area contributed by atoms with Gasteiger partial charge in [0.25, 0.3) is 0 Å². The first-order valence-corrected chi connectivity index (χ1v) is 20.4. The summed E-state index contributed by atoms with van der Waals surface area (Å²) in [7, 11) is 0. The Morgan fingerprint density at radius 1 is 0.700 bits per heavy atom. The summed E-state index contributed by atoms with van der Waals surface area (Å²) in [5.74, 6) is 2.68. The van der Waals surface area contributed by atoms with Crippen LogP contribution in [0.2, 0.25) is 0 Å². The molecule has 16 heteroatoms. The molecule has 4 N–H and O–H groups in total. The van der Waals surface area contributed by atoms with E-state index >= 15 is 0 Å². The SMILES string of the molecule is Cc1nc(C)c(N)c(NCc2ccc(C3CCN(C(=O)OC(C)(C)C)C3)cc2)n1.Cc1nc(C)c([N+](=O)[O-])c(NCc2ccc(C3CCN(C(=O)OC(C)(C)C)C3)cc2)n1. The van der Waals surface area contributed by atoms with Gasteiger partial charge in [0.15, 0.2) is 5.82 Å².